The molecule has 2 aromatic carbocycles. The first-order valence-corrected chi connectivity index (χ1v) is 13.7. The van der Waals surface area contributed by atoms with Crippen molar-refractivity contribution in [2.45, 2.75) is 58.2 Å². The van der Waals surface area contributed by atoms with E-state index in [-0.39, 0.29) is 0 Å². The summed E-state index contributed by atoms with van der Waals surface area (Å²) >= 11 is 1.52. The highest BCUT2D eigenvalue weighted by Crippen LogP contribution is 2.26. The normalized spacial score (nSPS) is 12.4. The van der Waals surface area contributed by atoms with Gasteiger partial charge in [-0.05, 0) is 81.0 Å². The lowest BCUT2D eigenvalue weighted by atomic mass is 10.0. The van der Waals surface area contributed by atoms with Crippen molar-refractivity contribution in [1.82, 2.24) is 10.2 Å². The van der Waals surface area contributed by atoms with Crippen LogP contribution in [0.2, 0.25) is 0 Å². The van der Waals surface area contributed by atoms with E-state index in [1.807, 2.05) is 25.3 Å². The summed E-state index contributed by atoms with van der Waals surface area (Å²) in [5.41, 5.74) is 1.39. The predicted molar refractivity (Wildman–Crippen MR) is 152 cm³/mol. The first-order valence-electron chi connectivity index (χ1n) is 12.3. The number of hydrogen-bond acceptors (Lipinski definition) is 6. The van der Waals surface area contributed by atoms with Crippen LogP contribution in [0.15, 0.2) is 48.5 Å². The van der Waals surface area contributed by atoms with Crippen molar-refractivity contribution in [2.24, 2.45) is 0 Å². The maximum absolute atomic E-state index is 13.8. The molecule has 9 heteroatoms. The smallest absolute Gasteiger partial charge is 0.408 e. The monoisotopic (exact) mass is 539 g/mol. The van der Waals surface area contributed by atoms with Crippen molar-refractivity contribution in [2.75, 3.05) is 24.4 Å². The predicted octanol–water partition coefficient (Wildman–Crippen LogP) is 5.00. The third-order valence-electron chi connectivity index (χ3n) is 5.54. The average Bonchev–Trinajstić information content (AvgIpc) is 2.88. The van der Waals surface area contributed by atoms with Gasteiger partial charge >= 0.3 is 6.09 Å². The molecular formula is C29H37N3O5S. The van der Waals surface area contributed by atoms with Gasteiger partial charge in [-0.3, -0.25) is 14.5 Å². The Labute approximate surface area is 229 Å². The third kappa shape index (κ3) is 9.03. The van der Waals surface area contributed by atoms with Gasteiger partial charge in [-0.15, -0.1) is 0 Å². The third-order valence-corrected chi connectivity index (χ3v) is 6.19. The van der Waals surface area contributed by atoms with Gasteiger partial charge in [0, 0.05) is 11.7 Å². The van der Waals surface area contributed by atoms with Crippen molar-refractivity contribution in [3.05, 3.63) is 59.7 Å². The molecule has 38 heavy (non-hydrogen) atoms. The summed E-state index contributed by atoms with van der Waals surface area (Å²) in [7, 11) is 1.55. The molecule has 2 unspecified atom stereocenters. The van der Waals surface area contributed by atoms with Crippen LogP contribution in [0.1, 0.15) is 51.3 Å². The zero-order valence-corrected chi connectivity index (χ0v) is 23.7. The van der Waals surface area contributed by atoms with Crippen LogP contribution in [0.3, 0.4) is 0 Å². The van der Waals surface area contributed by atoms with Gasteiger partial charge in [0.05, 0.1) is 7.11 Å². The fourth-order valence-corrected chi connectivity index (χ4v) is 4.09. The number of nitrogens with zero attached hydrogens (tertiary/aromatic N) is 1. The lowest BCUT2D eigenvalue weighted by Crippen LogP contribution is -2.51. The molecule has 0 radical (unpaired) electrons. The molecule has 0 fully saturated rings. The number of carbonyl (C=O) groups is 3. The van der Waals surface area contributed by atoms with Gasteiger partial charge in [-0.1, -0.05) is 37.6 Å². The zero-order chi connectivity index (χ0) is 28.3. The lowest BCUT2D eigenvalue weighted by molar-refractivity contribution is -0.136. The van der Waals surface area contributed by atoms with E-state index < -0.39 is 35.6 Å². The Kier molecular flexibility index (Phi) is 11.5. The van der Waals surface area contributed by atoms with Crippen molar-refractivity contribution >= 4 is 35.4 Å². The minimum absolute atomic E-state index is 0.305. The SMILES string of the molecule is C#CN(C(=O)C(CCSC)NC(=O)OC(C)(C)C)C(C(=O)Nc1ccc(OC)cc1)c1ccc(CC)cc1. The second-order valence-corrected chi connectivity index (χ2v) is 10.5. The van der Waals surface area contributed by atoms with Gasteiger partial charge in [-0.25, -0.2) is 4.79 Å². The van der Waals surface area contributed by atoms with Crippen LogP contribution in [-0.2, 0) is 20.7 Å². The number of ether oxygens (including phenoxy) is 2. The molecule has 0 spiro atoms. The van der Waals surface area contributed by atoms with E-state index in [0.29, 0.717) is 29.2 Å². The fourth-order valence-electron chi connectivity index (χ4n) is 3.61. The van der Waals surface area contributed by atoms with Crippen LogP contribution >= 0.6 is 11.8 Å². The zero-order valence-electron chi connectivity index (χ0n) is 22.9. The summed E-state index contributed by atoms with van der Waals surface area (Å²) < 4.78 is 10.5. The minimum atomic E-state index is -1.14. The topological polar surface area (TPSA) is 97.0 Å². The van der Waals surface area contributed by atoms with Gasteiger partial charge in [0.25, 0.3) is 11.8 Å². The Bertz CT molecular complexity index is 1120. The van der Waals surface area contributed by atoms with Crippen LogP contribution in [-0.4, -0.2) is 53.6 Å². The van der Waals surface area contributed by atoms with E-state index in [0.717, 1.165) is 16.9 Å². The van der Waals surface area contributed by atoms with Crippen LogP contribution in [0.4, 0.5) is 10.5 Å². The molecule has 2 aromatic rings. The summed E-state index contributed by atoms with van der Waals surface area (Å²) in [6.07, 6.45) is 8.13. The molecule has 0 aromatic heterocycles. The molecule has 0 saturated heterocycles. The highest BCUT2D eigenvalue weighted by atomic mass is 32.2. The molecule has 0 saturated carbocycles. The molecule has 204 valence electrons. The Morgan fingerprint density at radius 2 is 1.71 bits per heavy atom. The summed E-state index contributed by atoms with van der Waals surface area (Å²) in [6, 6.07) is 14.5. The number of alkyl carbamates (subject to hydrolysis) is 1. The maximum Gasteiger partial charge on any atom is 0.408 e. The van der Waals surface area contributed by atoms with Gasteiger partial charge in [0.2, 0.25) is 0 Å². The van der Waals surface area contributed by atoms with E-state index in [1.54, 1.807) is 64.3 Å². The number of thioether (sulfide) groups is 1. The van der Waals surface area contributed by atoms with Gasteiger partial charge in [-0.2, -0.15) is 11.8 Å². The number of carbonyl (C=O) groups excluding carboxylic acids is 3. The molecule has 0 aliphatic heterocycles. The number of aryl methyl sites for hydroxylation is 1. The standard InChI is InChI=1S/C29H37N3O5S/c1-8-20-10-12-21(13-11-20)25(26(33)30-22-14-16-23(36-6)17-15-22)32(9-2)27(34)24(18-19-38-7)31-28(35)37-29(3,4)5/h2,10-17,24-25H,8,18-19H2,1,3-7H3,(H,30,33)(H,31,35). The maximum atomic E-state index is 13.8. The molecule has 2 N–H and O–H groups in total. The van der Waals surface area contributed by atoms with Gasteiger partial charge in [0.1, 0.15) is 23.4 Å². The fraction of sp³-hybridized carbons (Fsp3) is 0.414. The number of terminal acetylenes is 1. The van der Waals surface area contributed by atoms with E-state index in [4.69, 9.17) is 15.9 Å². The number of benzene rings is 2. The number of nitrogens with one attached hydrogen (secondary N) is 2. The van der Waals surface area contributed by atoms with Crippen LogP contribution in [0.5, 0.6) is 5.75 Å². The van der Waals surface area contributed by atoms with Crippen molar-refractivity contribution < 1.29 is 23.9 Å². The molecule has 2 atom stereocenters. The largest absolute Gasteiger partial charge is 0.497 e. The Morgan fingerprint density at radius 3 is 2.21 bits per heavy atom. The highest BCUT2D eigenvalue weighted by molar-refractivity contribution is 7.98. The average molecular weight is 540 g/mol. The lowest BCUT2D eigenvalue weighted by Gasteiger charge is -2.30. The number of rotatable bonds is 11. The van der Waals surface area contributed by atoms with Crippen LogP contribution in [0, 0.1) is 12.5 Å². The summed E-state index contributed by atoms with van der Waals surface area (Å²) in [5.74, 6) is 0.145. The van der Waals surface area contributed by atoms with Crippen molar-refractivity contribution in [3.8, 4) is 18.2 Å². The molecule has 0 heterocycles. The van der Waals surface area contributed by atoms with Crippen LogP contribution < -0.4 is 15.4 Å². The summed E-state index contributed by atoms with van der Waals surface area (Å²) in [5, 5.41) is 5.49. The van der Waals surface area contributed by atoms with Crippen molar-refractivity contribution in [3.63, 3.8) is 0 Å². The molecule has 0 aliphatic rings. The Balaban J connectivity index is 2.43. The number of amides is 3. The summed E-state index contributed by atoms with van der Waals surface area (Å²) in [6.45, 7) is 7.23. The Morgan fingerprint density at radius 1 is 1.08 bits per heavy atom. The number of hydrogen-bond donors (Lipinski definition) is 2. The number of anilines is 1. The molecule has 0 bridgehead atoms. The quantitative estimate of drug-likeness (QED) is 0.308. The summed E-state index contributed by atoms with van der Waals surface area (Å²) in [4.78, 5) is 41.0. The minimum Gasteiger partial charge on any atom is -0.497 e. The first kappa shape index (κ1) is 30.6. The molecule has 2 rings (SSSR count). The second-order valence-electron chi connectivity index (χ2n) is 9.53. The number of methoxy groups -OCH3 is 1. The van der Waals surface area contributed by atoms with E-state index >= 15 is 0 Å². The van der Waals surface area contributed by atoms with Gasteiger partial charge < -0.3 is 20.1 Å². The van der Waals surface area contributed by atoms with Crippen LogP contribution in [0.25, 0.3) is 0 Å². The van der Waals surface area contributed by atoms with Crippen molar-refractivity contribution in [1.29, 1.82) is 0 Å². The second kappa shape index (κ2) is 14.3. The highest BCUT2D eigenvalue weighted by Gasteiger charge is 2.35. The molecule has 3 amide bonds. The molecule has 0 aliphatic carbocycles. The van der Waals surface area contributed by atoms with E-state index in [1.165, 1.54) is 11.8 Å². The first-order chi connectivity index (χ1) is 18.0. The molecular weight excluding hydrogens is 502 g/mol. The Hall–Kier alpha value is -3.64. The van der Waals surface area contributed by atoms with Gasteiger partial charge in [0.15, 0.2) is 0 Å². The molecule has 8 nitrogen and oxygen atoms in total. The van der Waals surface area contributed by atoms with E-state index in [2.05, 4.69) is 16.7 Å². The van der Waals surface area contributed by atoms with E-state index in [9.17, 15) is 14.4 Å².